The van der Waals surface area contributed by atoms with Crippen LogP contribution in [0.2, 0.25) is 0 Å². The molecule has 4 N–H and O–H groups in total. The lowest BCUT2D eigenvalue weighted by molar-refractivity contribution is -0.380. The zero-order valence-electron chi connectivity index (χ0n) is 20.3. The van der Waals surface area contributed by atoms with Crippen molar-refractivity contribution in [3.8, 4) is 0 Å². The maximum Gasteiger partial charge on any atom is 0.406 e. The summed E-state index contributed by atoms with van der Waals surface area (Å²) in [5.74, 6) is -1.12. The Hall–Kier alpha value is -2.86. The Morgan fingerprint density at radius 1 is 1.42 bits per heavy atom. The molecule has 6 atom stereocenters. The molecule has 5 unspecified atom stereocenters. The predicted molar refractivity (Wildman–Crippen MR) is 129 cm³/mol. The summed E-state index contributed by atoms with van der Waals surface area (Å²) in [7, 11) is -4.40. The van der Waals surface area contributed by atoms with Crippen LogP contribution in [-0.2, 0) is 34.5 Å². The molecule has 19 heteroatoms. The van der Waals surface area contributed by atoms with Crippen molar-refractivity contribution >= 4 is 36.0 Å². The number of ether oxygens (including phenoxy) is 2. The van der Waals surface area contributed by atoms with Crippen molar-refractivity contribution in [2.24, 2.45) is 0 Å². The molecule has 16 nitrogen and oxygen atoms in total. The predicted octanol–water partition coefficient (Wildman–Crippen LogP) is 1.06. The first-order valence-electron chi connectivity index (χ1n) is 11.1. The van der Waals surface area contributed by atoms with Gasteiger partial charge in [-0.2, -0.15) is 4.98 Å². The molecule has 0 radical (unpaired) electrons. The first-order chi connectivity index (χ1) is 17.8. The molecule has 38 heavy (non-hydrogen) atoms. The van der Waals surface area contributed by atoms with Crippen molar-refractivity contribution < 1.29 is 42.3 Å². The summed E-state index contributed by atoms with van der Waals surface area (Å²) in [6.07, 6.45) is -6.57. The fraction of sp³-hybridized carbons (Fsp3) is 0.579. The summed E-state index contributed by atoms with van der Waals surface area (Å²) in [4.78, 5) is 41.9. The molecule has 1 aliphatic heterocycles. The lowest BCUT2D eigenvalue weighted by Crippen LogP contribution is -2.37. The van der Waals surface area contributed by atoms with Gasteiger partial charge in [-0.3, -0.25) is 28.5 Å². The molecule has 1 aliphatic rings. The normalized spacial score (nSPS) is 23.7. The number of hydrogen-bond acceptors (Lipinski definition) is 14. The number of rotatable bonds is 12. The summed E-state index contributed by atoms with van der Waals surface area (Å²) in [6, 6.07) is 1.43. The number of carbonyl (C=O) groups excluding carboxylic acids is 1. The fourth-order valence-corrected chi connectivity index (χ4v) is 5.47. The molecule has 1 saturated heterocycles. The Bertz CT molecular complexity index is 1260. The van der Waals surface area contributed by atoms with E-state index in [2.05, 4.69) is 15.1 Å². The van der Waals surface area contributed by atoms with E-state index in [9.17, 15) is 33.8 Å². The van der Waals surface area contributed by atoms with Crippen molar-refractivity contribution in [3.05, 3.63) is 43.9 Å². The Morgan fingerprint density at radius 2 is 2.13 bits per heavy atom. The zero-order chi connectivity index (χ0) is 28.2. The highest BCUT2D eigenvalue weighted by Crippen LogP contribution is 2.47. The average molecular weight is 580 g/mol. The van der Waals surface area contributed by atoms with Gasteiger partial charge in [0.15, 0.2) is 12.4 Å². The molecule has 0 bridgehead atoms. The van der Waals surface area contributed by atoms with Gasteiger partial charge in [-0.05, 0) is 26.8 Å². The number of nitrogens with zero attached hydrogens (tertiary/aromatic N) is 4. The molecule has 0 saturated carbocycles. The van der Waals surface area contributed by atoms with Crippen LogP contribution in [0.4, 0.5) is 15.3 Å². The lowest BCUT2D eigenvalue weighted by Gasteiger charge is -2.24. The number of esters is 1. The fourth-order valence-electron chi connectivity index (χ4n) is 3.19. The highest BCUT2D eigenvalue weighted by Gasteiger charge is 2.47. The molecule has 1 fully saturated rings. The molecule has 0 aliphatic carbocycles. The number of nitro groups is 1. The molecular formula is C19H26FN6O10PS. The monoisotopic (exact) mass is 580 g/mol. The Labute approximate surface area is 218 Å². The van der Waals surface area contributed by atoms with E-state index < -0.39 is 74.3 Å². The molecule has 0 spiro atoms. The smallest absolute Gasteiger partial charge is 0.406 e. The summed E-state index contributed by atoms with van der Waals surface area (Å²) >= 11 is 0.772. The van der Waals surface area contributed by atoms with Crippen LogP contribution in [0, 0.1) is 10.1 Å². The second kappa shape index (κ2) is 12.3. The number of nitrogens with two attached hydrogens (primary N) is 1. The van der Waals surface area contributed by atoms with Gasteiger partial charge in [0, 0.05) is 10.9 Å². The minimum absolute atomic E-state index is 0.175. The zero-order valence-corrected chi connectivity index (χ0v) is 22.0. The van der Waals surface area contributed by atoms with E-state index in [4.69, 9.17) is 24.3 Å². The van der Waals surface area contributed by atoms with Gasteiger partial charge in [0.1, 0.15) is 24.6 Å². The van der Waals surface area contributed by atoms with Gasteiger partial charge in [0.2, 0.25) is 5.95 Å². The van der Waals surface area contributed by atoms with Crippen molar-refractivity contribution in [1.82, 2.24) is 19.6 Å². The van der Waals surface area contributed by atoms with Gasteiger partial charge in [0.25, 0.3) is 0 Å². The first-order valence-corrected chi connectivity index (χ1v) is 13.4. The van der Waals surface area contributed by atoms with Crippen LogP contribution >= 0.6 is 19.1 Å². The van der Waals surface area contributed by atoms with Crippen LogP contribution in [0.5, 0.6) is 0 Å². The molecule has 0 aromatic carbocycles. The highest BCUT2D eigenvalue weighted by molar-refractivity contribution is 7.51. The number of carbonyl (C=O) groups is 1. The van der Waals surface area contributed by atoms with Gasteiger partial charge < -0.3 is 20.3 Å². The quantitative estimate of drug-likeness (QED) is 0.138. The Balaban J connectivity index is 1.74. The number of hydrogen-bond donors (Lipinski definition) is 3. The van der Waals surface area contributed by atoms with Gasteiger partial charge in [-0.25, -0.2) is 23.8 Å². The number of nitrogens with one attached hydrogen (secondary N) is 1. The Kier molecular flexibility index (Phi) is 9.64. The number of alkyl halides is 1. The van der Waals surface area contributed by atoms with Gasteiger partial charge in [0.05, 0.1) is 24.2 Å². The largest absolute Gasteiger partial charge is 0.462 e. The number of halogens is 1. The third kappa shape index (κ3) is 7.37. The Morgan fingerprint density at radius 3 is 2.74 bits per heavy atom. The molecule has 2 aromatic heterocycles. The SMILES string of the molecule is CC(C)OC(=O)[C@H](C)NP(=O)(OCc1ccc([N+](=O)[O-])s1)OCC1OC(n2cnc(N)nc2=O)C(F)C1O. The number of aliphatic hydroxyl groups excluding tert-OH is 1. The summed E-state index contributed by atoms with van der Waals surface area (Å²) in [5, 5.41) is 23.5. The van der Waals surface area contributed by atoms with Gasteiger partial charge >= 0.3 is 24.4 Å². The number of nitrogen functional groups attached to an aromatic ring is 1. The van der Waals surface area contributed by atoms with E-state index in [-0.39, 0.29) is 10.9 Å². The third-order valence-corrected chi connectivity index (χ3v) is 7.66. The van der Waals surface area contributed by atoms with E-state index in [1.54, 1.807) is 13.8 Å². The molecule has 210 valence electrons. The van der Waals surface area contributed by atoms with E-state index in [1.807, 2.05) is 0 Å². The van der Waals surface area contributed by atoms with Crippen LogP contribution < -0.4 is 16.5 Å². The van der Waals surface area contributed by atoms with Crippen LogP contribution in [0.3, 0.4) is 0 Å². The molecule has 3 rings (SSSR count). The standard InChI is InChI=1S/C19H26FN6O10PS/c1-9(2)35-17(28)10(3)24-37(32,33-6-11-4-5-13(38-11)26(30)31)34-7-12-15(27)14(20)16(36-12)25-8-22-18(21)23-19(25)29/h4-5,8-10,12,14-16,27H,6-7H2,1-3H3,(H,24,32)(H2,21,23,29)/t10-,12?,14?,15?,16?,37?/m0/s1. The maximum atomic E-state index is 14.8. The summed E-state index contributed by atoms with van der Waals surface area (Å²) in [5.41, 5.74) is 4.35. The summed E-state index contributed by atoms with van der Waals surface area (Å²) < 4.78 is 50.2. The molecular weight excluding hydrogens is 554 g/mol. The van der Waals surface area contributed by atoms with E-state index in [1.165, 1.54) is 19.1 Å². The number of anilines is 1. The van der Waals surface area contributed by atoms with Crippen LogP contribution in [0.25, 0.3) is 0 Å². The minimum atomic E-state index is -4.40. The first kappa shape index (κ1) is 29.7. The van der Waals surface area contributed by atoms with Crippen LogP contribution in [0.15, 0.2) is 23.3 Å². The molecule has 2 aromatic rings. The minimum Gasteiger partial charge on any atom is -0.462 e. The average Bonchev–Trinajstić information content (AvgIpc) is 3.42. The van der Waals surface area contributed by atoms with Crippen molar-refractivity contribution in [2.75, 3.05) is 12.3 Å². The maximum absolute atomic E-state index is 14.8. The summed E-state index contributed by atoms with van der Waals surface area (Å²) in [6.45, 7) is 3.45. The number of aliphatic hydroxyl groups is 1. The number of aromatic nitrogens is 3. The van der Waals surface area contributed by atoms with Crippen molar-refractivity contribution in [1.29, 1.82) is 0 Å². The van der Waals surface area contributed by atoms with E-state index >= 15 is 0 Å². The topological polar surface area (TPSA) is 220 Å². The molecule has 0 amide bonds. The third-order valence-electron chi connectivity index (χ3n) is 4.98. The highest BCUT2D eigenvalue weighted by atomic mass is 32.1. The second-order valence-electron chi connectivity index (χ2n) is 8.30. The second-order valence-corrected chi connectivity index (χ2v) is 11.2. The lowest BCUT2D eigenvalue weighted by atomic mass is 10.1. The van der Waals surface area contributed by atoms with Gasteiger partial charge in [-0.15, -0.1) is 0 Å². The van der Waals surface area contributed by atoms with Gasteiger partial charge in [-0.1, -0.05) is 11.3 Å². The van der Waals surface area contributed by atoms with E-state index in [0.29, 0.717) is 9.44 Å². The number of thiophene rings is 1. The van der Waals surface area contributed by atoms with Crippen molar-refractivity contribution in [3.63, 3.8) is 0 Å². The molecule has 3 heterocycles. The van der Waals surface area contributed by atoms with Crippen LogP contribution in [0.1, 0.15) is 31.9 Å². The van der Waals surface area contributed by atoms with Crippen molar-refractivity contribution in [2.45, 2.75) is 64.1 Å². The van der Waals surface area contributed by atoms with Crippen LogP contribution in [-0.4, -0.2) is 67.7 Å². The van der Waals surface area contributed by atoms with E-state index in [0.717, 1.165) is 17.7 Å².